The lowest BCUT2D eigenvalue weighted by Gasteiger charge is -2.48. The van der Waals surface area contributed by atoms with Crippen molar-refractivity contribution in [3.05, 3.63) is 22.8 Å². The molecule has 31 heavy (non-hydrogen) atoms. The van der Waals surface area contributed by atoms with Gasteiger partial charge in [-0.25, -0.2) is 0 Å². The van der Waals surface area contributed by atoms with Gasteiger partial charge < -0.3 is 15.2 Å². The number of allylic oxidation sites excluding steroid dienone is 2. The highest BCUT2D eigenvalue weighted by atomic mass is 16.5. The van der Waals surface area contributed by atoms with E-state index in [1.807, 2.05) is 0 Å². The number of carbonyl (C=O) groups is 1. The lowest BCUT2D eigenvalue weighted by atomic mass is 9.56. The number of ether oxygens (including phenoxy) is 1. The zero-order valence-corrected chi connectivity index (χ0v) is 19.6. The Balaban J connectivity index is 1.39. The van der Waals surface area contributed by atoms with Gasteiger partial charge >= 0.3 is 0 Å². The maximum absolute atomic E-state index is 14.1. The quantitative estimate of drug-likeness (QED) is 0.572. The Morgan fingerprint density at radius 1 is 1.23 bits per heavy atom. The monoisotopic (exact) mass is 425 g/mol. The van der Waals surface area contributed by atoms with Crippen LogP contribution in [0, 0.1) is 35.0 Å². The third-order valence-corrected chi connectivity index (χ3v) is 10.6. The number of aliphatic hydroxyl groups excluding tert-OH is 1. The normalized spacial score (nSPS) is 53.7. The topological polar surface area (TPSA) is 58.6 Å². The Labute approximate surface area is 186 Å². The molecule has 10 atom stereocenters. The summed E-state index contributed by atoms with van der Waals surface area (Å²) in [6, 6.07) is 0.410. The Bertz CT molecular complexity index is 876. The van der Waals surface area contributed by atoms with Gasteiger partial charge in [0.1, 0.15) is 0 Å². The van der Waals surface area contributed by atoms with Crippen LogP contribution in [0.15, 0.2) is 22.8 Å². The highest BCUT2D eigenvalue weighted by molar-refractivity contribution is 6.02. The molecule has 0 aromatic heterocycles. The summed E-state index contributed by atoms with van der Waals surface area (Å²) >= 11 is 0. The number of Topliss-reactive ketones (excluding diaryl/α,β-unsaturated/α-hetero) is 1. The molecule has 4 aliphatic carbocycles. The first-order valence-corrected chi connectivity index (χ1v) is 12.8. The minimum Gasteiger partial charge on any atom is -0.393 e. The zero-order chi connectivity index (χ0) is 21.7. The Morgan fingerprint density at radius 2 is 2.03 bits per heavy atom. The number of ketones is 1. The molecule has 2 saturated carbocycles. The van der Waals surface area contributed by atoms with E-state index in [1.165, 1.54) is 11.1 Å². The Morgan fingerprint density at radius 3 is 2.84 bits per heavy atom. The standard InChI is InChI=1S/C27H39NO3/c1-14-11-21-24(28-13-14)16(3)27(31-21)10-8-19-20-6-5-17-12-18(29)7-9-26(17,4)23(20)25(30)22(19)15(27)2/h5,14,16,18-21,23-24,28-29H,6-13H2,1-4H3/t14-,16-,18+,19+,20-,21-,23-,24+,26-,27+/m0/s1. The molecule has 2 aliphatic heterocycles. The van der Waals surface area contributed by atoms with Crippen molar-refractivity contribution in [1.29, 1.82) is 0 Å². The van der Waals surface area contributed by atoms with Gasteiger partial charge in [0.05, 0.1) is 17.8 Å². The van der Waals surface area contributed by atoms with E-state index < -0.39 is 0 Å². The van der Waals surface area contributed by atoms with Crippen LogP contribution in [0.3, 0.4) is 0 Å². The molecule has 170 valence electrons. The van der Waals surface area contributed by atoms with E-state index in [-0.39, 0.29) is 29.1 Å². The van der Waals surface area contributed by atoms with Crippen LogP contribution in [-0.2, 0) is 9.53 Å². The predicted molar refractivity (Wildman–Crippen MR) is 120 cm³/mol. The van der Waals surface area contributed by atoms with Gasteiger partial charge in [0, 0.05) is 23.5 Å². The van der Waals surface area contributed by atoms with Crippen molar-refractivity contribution >= 4 is 5.78 Å². The molecule has 2 N–H and O–H groups in total. The summed E-state index contributed by atoms with van der Waals surface area (Å²) in [5, 5.41) is 14.0. The lowest BCUT2D eigenvalue weighted by molar-refractivity contribution is -0.123. The van der Waals surface area contributed by atoms with E-state index in [2.05, 4.69) is 39.1 Å². The third kappa shape index (κ3) is 2.62. The molecule has 1 spiro atoms. The minimum absolute atomic E-state index is 0.0653. The fourth-order valence-corrected chi connectivity index (χ4v) is 8.93. The van der Waals surface area contributed by atoms with Crippen molar-refractivity contribution in [3.8, 4) is 0 Å². The molecular formula is C27H39NO3. The highest BCUT2D eigenvalue weighted by Gasteiger charge is 2.63. The molecule has 2 saturated heterocycles. The Hall–Kier alpha value is -0.970. The van der Waals surface area contributed by atoms with E-state index in [0.29, 0.717) is 35.5 Å². The number of aliphatic hydroxyl groups is 1. The van der Waals surface area contributed by atoms with E-state index in [0.717, 1.165) is 57.1 Å². The van der Waals surface area contributed by atoms with Gasteiger partial charge in [-0.2, -0.15) is 0 Å². The van der Waals surface area contributed by atoms with Crippen LogP contribution in [0.1, 0.15) is 72.6 Å². The molecule has 6 aliphatic rings. The fraction of sp³-hybridized carbons (Fsp3) is 0.815. The van der Waals surface area contributed by atoms with Gasteiger partial charge in [-0.3, -0.25) is 4.79 Å². The number of fused-ring (bicyclic) bond motifs is 6. The summed E-state index contributed by atoms with van der Waals surface area (Å²) in [5.41, 5.74) is 3.43. The molecule has 0 unspecified atom stereocenters. The van der Waals surface area contributed by atoms with Crippen LogP contribution in [0.25, 0.3) is 0 Å². The minimum atomic E-state index is -0.263. The summed E-state index contributed by atoms with van der Waals surface area (Å²) in [6.45, 7) is 10.3. The molecule has 0 aromatic rings. The summed E-state index contributed by atoms with van der Waals surface area (Å²) in [4.78, 5) is 14.1. The second-order valence-electron chi connectivity index (χ2n) is 12.1. The van der Waals surface area contributed by atoms with E-state index in [4.69, 9.17) is 4.74 Å². The maximum atomic E-state index is 14.1. The smallest absolute Gasteiger partial charge is 0.163 e. The summed E-state index contributed by atoms with van der Waals surface area (Å²) in [6.07, 6.45) is 9.23. The molecule has 0 radical (unpaired) electrons. The molecule has 6 rings (SSSR count). The average molecular weight is 426 g/mol. The Kier molecular flexibility index (Phi) is 4.51. The van der Waals surface area contributed by atoms with Crippen LogP contribution < -0.4 is 5.32 Å². The van der Waals surface area contributed by atoms with E-state index >= 15 is 0 Å². The van der Waals surface area contributed by atoms with Crippen molar-refractivity contribution in [2.45, 2.75) is 96.5 Å². The van der Waals surface area contributed by atoms with Crippen molar-refractivity contribution in [2.75, 3.05) is 6.54 Å². The summed E-state index contributed by atoms with van der Waals surface area (Å²) in [7, 11) is 0. The summed E-state index contributed by atoms with van der Waals surface area (Å²) < 4.78 is 6.93. The molecule has 4 heteroatoms. The molecule has 0 amide bonds. The van der Waals surface area contributed by atoms with Gasteiger partial charge in [-0.05, 0) is 87.2 Å². The molecule has 2 heterocycles. The number of rotatable bonds is 0. The van der Waals surface area contributed by atoms with Crippen LogP contribution in [0.2, 0.25) is 0 Å². The molecule has 4 fully saturated rings. The number of carbonyl (C=O) groups excluding carboxylic acids is 1. The van der Waals surface area contributed by atoms with Crippen molar-refractivity contribution in [3.63, 3.8) is 0 Å². The zero-order valence-electron chi connectivity index (χ0n) is 19.6. The molecule has 4 nitrogen and oxygen atoms in total. The van der Waals surface area contributed by atoms with Crippen LogP contribution in [0.4, 0.5) is 0 Å². The first-order valence-electron chi connectivity index (χ1n) is 12.8. The predicted octanol–water partition coefficient (Wildman–Crippen LogP) is 4.18. The van der Waals surface area contributed by atoms with Crippen molar-refractivity contribution < 1.29 is 14.6 Å². The average Bonchev–Trinajstić information content (AvgIpc) is 3.18. The van der Waals surface area contributed by atoms with Crippen LogP contribution >= 0.6 is 0 Å². The van der Waals surface area contributed by atoms with Crippen LogP contribution in [-0.4, -0.2) is 41.3 Å². The fourth-order valence-electron chi connectivity index (χ4n) is 8.93. The van der Waals surface area contributed by atoms with Crippen LogP contribution in [0.5, 0.6) is 0 Å². The van der Waals surface area contributed by atoms with Gasteiger partial charge in [-0.1, -0.05) is 32.4 Å². The second-order valence-corrected chi connectivity index (χ2v) is 12.1. The van der Waals surface area contributed by atoms with Gasteiger partial charge in [0.15, 0.2) is 5.78 Å². The summed E-state index contributed by atoms with van der Waals surface area (Å²) in [5.74, 6) is 2.41. The van der Waals surface area contributed by atoms with Crippen molar-refractivity contribution in [1.82, 2.24) is 5.32 Å². The van der Waals surface area contributed by atoms with E-state index in [9.17, 15) is 9.90 Å². The van der Waals surface area contributed by atoms with E-state index in [1.54, 1.807) is 0 Å². The number of hydrogen-bond donors (Lipinski definition) is 2. The molecule has 0 aromatic carbocycles. The molecular weight excluding hydrogens is 386 g/mol. The lowest BCUT2D eigenvalue weighted by Crippen LogP contribution is -2.49. The SMILES string of the molecule is CC1=C2C(=O)[C@@H]3[C@@H](CC=C4C[C@H](O)CC[C@@]43C)[C@H]2CC[C@@]12O[C@H]1C[C@H](C)CN[C@@H]1[C@@H]2C. The highest BCUT2D eigenvalue weighted by Crippen LogP contribution is 2.63. The maximum Gasteiger partial charge on any atom is 0.163 e. The molecule has 0 bridgehead atoms. The van der Waals surface area contributed by atoms with Gasteiger partial charge in [0.2, 0.25) is 0 Å². The number of hydrogen-bond acceptors (Lipinski definition) is 4. The third-order valence-electron chi connectivity index (χ3n) is 10.6. The number of piperidine rings is 1. The van der Waals surface area contributed by atoms with Gasteiger partial charge in [-0.15, -0.1) is 0 Å². The largest absolute Gasteiger partial charge is 0.393 e. The number of nitrogens with one attached hydrogen (secondary N) is 1. The van der Waals surface area contributed by atoms with Gasteiger partial charge in [0.25, 0.3) is 0 Å². The second kappa shape index (κ2) is 6.77. The first kappa shape index (κ1) is 20.6. The van der Waals surface area contributed by atoms with Crippen molar-refractivity contribution in [2.24, 2.45) is 35.0 Å². The first-order chi connectivity index (χ1) is 14.8.